The molecule has 0 aromatic heterocycles. The molecule has 39 heavy (non-hydrogen) atoms. The van der Waals surface area contributed by atoms with Crippen LogP contribution >= 0.6 is 0 Å². The lowest BCUT2D eigenvalue weighted by Gasteiger charge is -2.51. The molecule has 2 aromatic rings. The van der Waals surface area contributed by atoms with Gasteiger partial charge < -0.3 is 29.5 Å². The Balaban J connectivity index is 1.92. The summed E-state index contributed by atoms with van der Waals surface area (Å²) in [7, 11) is 2.96. The molecule has 1 aliphatic carbocycles. The highest BCUT2D eigenvalue weighted by atomic mass is 16.5. The minimum Gasteiger partial charge on any atom is -0.496 e. The number of hydrogen-bond acceptors (Lipinski definition) is 6. The second-order valence-corrected chi connectivity index (χ2v) is 11.0. The lowest BCUT2D eigenvalue weighted by atomic mass is 9.59. The van der Waals surface area contributed by atoms with E-state index in [4.69, 9.17) is 14.2 Å². The maximum Gasteiger partial charge on any atom is 0.329 e. The lowest BCUT2D eigenvalue weighted by Crippen LogP contribution is -2.67. The third-order valence-corrected chi connectivity index (χ3v) is 7.39. The third kappa shape index (κ3) is 6.53. The van der Waals surface area contributed by atoms with Gasteiger partial charge in [-0.15, -0.1) is 0 Å². The van der Waals surface area contributed by atoms with Gasteiger partial charge in [0.05, 0.1) is 33.5 Å². The first-order valence-electron chi connectivity index (χ1n) is 13.1. The number of ketones is 1. The van der Waals surface area contributed by atoms with Gasteiger partial charge in [-0.3, -0.25) is 4.79 Å². The molecule has 1 atom stereocenters. The smallest absolute Gasteiger partial charge is 0.329 e. The number of hydrogen-bond donors (Lipinski definition) is 2. The van der Waals surface area contributed by atoms with Crippen molar-refractivity contribution >= 4 is 17.8 Å². The molecule has 1 aliphatic rings. The van der Waals surface area contributed by atoms with Gasteiger partial charge in [0, 0.05) is 6.54 Å². The highest BCUT2D eigenvalue weighted by molar-refractivity contribution is 6.00. The first-order chi connectivity index (χ1) is 18.4. The van der Waals surface area contributed by atoms with Gasteiger partial charge in [-0.25, -0.2) is 9.59 Å². The van der Waals surface area contributed by atoms with Gasteiger partial charge >= 0.3 is 12.0 Å². The van der Waals surface area contributed by atoms with Crippen LogP contribution < -0.4 is 14.8 Å². The molecule has 1 saturated carbocycles. The number of rotatable bonds is 12. The number of carboxylic acids is 1. The molecule has 212 valence electrons. The molecular formula is C30H40N2O7. The summed E-state index contributed by atoms with van der Waals surface area (Å²) in [5.41, 5.74) is 1.24. The first-order valence-corrected chi connectivity index (χ1v) is 13.1. The number of benzene rings is 2. The second-order valence-electron chi connectivity index (χ2n) is 11.0. The van der Waals surface area contributed by atoms with Crippen molar-refractivity contribution < 1.29 is 33.7 Å². The number of carboxylic acid groups (broad SMARTS) is 1. The third-order valence-electron chi connectivity index (χ3n) is 7.39. The zero-order valence-electron chi connectivity index (χ0n) is 23.9. The van der Waals surface area contributed by atoms with Crippen molar-refractivity contribution in [3.63, 3.8) is 0 Å². The lowest BCUT2D eigenvalue weighted by molar-refractivity contribution is -0.154. The average molecular weight is 541 g/mol. The second kappa shape index (κ2) is 12.1. The van der Waals surface area contributed by atoms with Gasteiger partial charge in [0.15, 0.2) is 5.78 Å². The summed E-state index contributed by atoms with van der Waals surface area (Å²) < 4.78 is 17.0. The van der Waals surface area contributed by atoms with E-state index in [1.807, 2.05) is 58.0 Å². The molecular weight excluding hydrogens is 500 g/mol. The Bertz CT molecular complexity index is 1200. The van der Waals surface area contributed by atoms with Crippen molar-refractivity contribution in [2.45, 2.75) is 65.6 Å². The molecule has 9 nitrogen and oxygen atoms in total. The van der Waals surface area contributed by atoms with Crippen LogP contribution in [0.5, 0.6) is 11.5 Å². The number of Topliss-reactive ketones (excluding diaryl/α,β-unsaturated/α-hetero) is 1. The van der Waals surface area contributed by atoms with E-state index >= 15 is 0 Å². The zero-order chi connectivity index (χ0) is 29.0. The Labute approximate surface area is 230 Å². The van der Waals surface area contributed by atoms with Crippen molar-refractivity contribution in [1.29, 1.82) is 0 Å². The normalized spacial score (nSPS) is 16.0. The van der Waals surface area contributed by atoms with Gasteiger partial charge in [0.1, 0.15) is 22.6 Å². The van der Waals surface area contributed by atoms with E-state index in [0.717, 1.165) is 5.56 Å². The molecule has 2 aromatic carbocycles. The molecule has 0 radical (unpaired) electrons. The predicted molar refractivity (Wildman–Crippen MR) is 147 cm³/mol. The van der Waals surface area contributed by atoms with Crippen molar-refractivity contribution in [2.24, 2.45) is 5.41 Å². The molecule has 2 amide bonds. The van der Waals surface area contributed by atoms with Crippen LogP contribution in [0.25, 0.3) is 0 Å². The van der Waals surface area contributed by atoms with Crippen LogP contribution in [0.3, 0.4) is 0 Å². The van der Waals surface area contributed by atoms with E-state index in [-0.39, 0.29) is 24.3 Å². The van der Waals surface area contributed by atoms with E-state index in [1.54, 1.807) is 11.0 Å². The monoisotopic (exact) mass is 540 g/mol. The Morgan fingerprint density at radius 3 is 2.26 bits per heavy atom. The number of aliphatic carboxylic acids is 1. The van der Waals surface area contributed by atoms with Crippen LogP contribution in [0.4, 0.5) is 4.79 Å². The molecule has 0 heterocycles. The van der Waals surface area contributed by atoms with Crippen LogP contribution in [0, 0.1) is 12.3 Å². The largest absolute Gasteiger partial charge is 0.496 e. The number of carbonyl (C=O) groups is 3. The van der Waals surface area contributed by atoms with Gasteiger partial charge in [0.25, 0.3) is 0 Å². The van der Waals surface area contributed by atoms with Crippen LogP contribution in [0.2, 0.25) is 0 Å². The number of nitrogens with zero attached hydrogens (tertiary/aromatic N) is 1. The fraction of sp³-hybridized carbons (Fsp3) is 0.500. The molecule has 1 fully saturated rings. The van der Waals surface area contributed by atoms with Crippen molar-refractivity contribution in [1.82, 2.24) is 10.2 Å². The van der Waals surface area contributed by atoms with Crippen molar-refractivity contribution in [3.05, 3.63) is 58.7 Å². The van der Waals surface area contributed by atoms with Gasteiger partial charge in [-0.05, 0) is 61.8 Å². The number of carbonyl (C=O) groups excluding carboxylic acids is 2. The number of amides is 2. The van der Waals surface area contributed by atoms with E-state index < -0.39 is 23.6 Å². The maximum absolute atomic E-state index is 13.7. The fourth-order valence-corrected chi connectivity index (χ4v) is 5.65. The Morgan fingerprint density at radius 1 is 1.10 bits per heavy atom. The number of urea groups is 1. The Kier molecular flexibility index (Phi) is 9.27. The number of nitrogens with one attached hydrogen (secondary N) is 1. The Hall–Kier alpha value is -3.59. The average Bonchev–Trinajstić information content (AvgIpc) is 2.87. The predicted octanol–water partition coefficient (Wildman–Crippen LogP) is 5.15. The van der Waals surface area contributed by atoms with Crippen molar-refractivity contribution in [2.75, 3.05) is 27.4 Å². The summed E-state index contributed by atoms with van der Waals surface area (Å²) in [6, 6.07) is 10.4. The first kappa shape index (κ1) is 30.0. The summed E-state index contributed by atoms with van der Waals surface area (Å²) in [5.74, 6) is -0.526. The molecule has 0 saturated heterocycles. The number of ether oxygens (including phenoxy) is 3. The molecule has 0 bridgehead atoms. The number of methoxy groups -OCH3 is 2. The highest BCUT2D eigenvalue weighted by Gasteiger charge is 2.56. The van der Waals surface area contributed by atoms with E-state index in [0.29, 0.717) is 47.6 Å². The van der Waals surface area contributed by atoms with Crippen LogP contribution in [-0.4, -0.2) is 60.7 Å². The Morgan fingerprint density at radius 2 is 1.74 bits per heavy atom. The zero-order valence-corrected chi connectivity index (χ0v) is 23.9. The minimum atomic E-state index is -1.33. The summed E-state index contributed by atoms with van der Waals surface area (Å²) in [5, 5.41) is 12.8. The molecule has 0 aliphatic heterocycles. The molecule has 9 heteroatoms. The van der Waals surface area contributed by atoms with E-state index in [1.165, 1.54) is 21.1 Å². The summed E-state index contributed by atoms with van der Waals surface area (Å²) in [6.45, 7) is 9.90. The van der Waals surface area contributed by atoms with Gasteiger partial charge in [0.2, 0.25) is 0 Å². The molecule has 2 N–H and O–H groups in total. The van der Waals surface area contributed by atoms with Crippen LogP contribution in [0.15, 0.2) is 36.4 Å². The fourth-order valence-electron chi connectivity index (χ4n) is 5.65. The topological polar surface area (TPSA) is 114 Å². The standard InChI is InChI=1S/C30H40N2O7/c1-19-23(15-24(37-6)25(21(3)33)26(19)38-7)20(2)32(13-14-39-16-22-11-9-8-10-12-22)28(36)31-30(27(34)35)17-29(4,5)18-30/h8-12,15,20H,13-14,16-18H2,1-7H3,(H,31,36)(H,34,35). The van der Waals surface area contributed by atoms with Crippen LogP contribution in [-0.2, 0) is 16.1 Å². The van der Waals surface area contributed by atoms with Gasteiger partial charge in [-0.2, -0.15) is 0 Å². The molecule has 1 unspecified atom stereocenters. The molecule has 3 rings (SSSR count). The SMILES string of the molecule is COc1cc(C(C)N(CCOCc2ccccc2)C(=O)NC2(C(=O)O)CC(C)(C)C2)c(C)c(OC)c1C(C)=O. The minimum absolute atomic E-state index is 0.180. The summed E-state index contributed by atoms with van der Waals surface area (Å²) >= 11 is 0. The summed E-state index contributed by atoms with van der Waals surface area (Å²) in [6.07, 6.45) is 0.670. The highest BCUT2D eigenvalue weighted by Crippen LogP contribution is 2.48. The summed E-state index contributed by atoms with van der Waals surface area (Å²) in [4.78, 5) is 39.9. The van der Waals surface area contributed by atoms with Crippen LogP contribution in [0.1, 0.15) is 73.6 Å². The van der Waals surface area contributed by atoms with E-state index in [9.17, 15) is 19.5 Å². The van der Waals surface area contributed by atoms with Crippen molar-refractivity contribution in [3.8, 4) is 11.5 Å². The van der Waals surface area contributed by atoms with Gasteiger partial charge in [-0.1, -0.05) is 44.2 Å². The van der Waals surface area contributed by atoms with E-state index in [2.05, 4.69) is 5.32 Å². The quantitative estimate of drug-likeness (QED) is 0.283. The molecule has 0 spiro atoms. The maximum atomic E-state index is 13.7.